The maximum atomic E-state index is 12.2. The van der Waals surface area contributed by atoms with Crippen molar-refractivity contribution in [3.8, 4) is 5.75 Å². The Morgan fingerprint density at radius 1 is 0.962 bits per heavy atom. The van der Waals surface area contributed by atoms with Gasteiger partial charge in [-0.05, 0) is 23.8 Å². The number of nitrogens with one attached hydrogen (secondary N) is 2. The van der Waals surface area contributed by atoms with Crippen molar-refractivity contribution in [2.45, 2.75) is 13.0 Å². The first-order valence-electron chi connectivity index (χ1n) is 8.49. The number of carbonyl (C=O) groups excluding carboxylic acids is 2. The molecule has 6 nitrogen and oxygen atoms in total. The normalized spacial score (nSPS) is 10.2. The first kappa shape index (κ1) is 19.5. The molecule has 0 spiro atoms. The van der Waals surface area contributed by atoms with Crippen molar-refractivity contribution in [3.63, 3.8) is 0 Å². The Bertz CT molecular complexity index is 704. The molecule has 0 aliphatic heterocycles. The molecule has 2 aromatic carbocycles. The second-order valence-corrected chi connectivity index (χ2v) is 5.64. The Kier molecular flexibility index (Phi) is 8.15. The third-order valence-electron chi connectivity index (χ3n) is 3.62. The van der Waals surface area contributed by atoms with Crippen LogP contribution in [-0.4, -0.2) is 38.7 Å². The van der Waals surface area contributed by atoms with Crippen LogP contribution < -0.4 is 15.4 Å². The number of ether oxygens (including phenoxy) is 2. The molecule has 138 valence electrons. The van der Waals surface area contributed by atoms with Gasteiger partial charge in [-0.2, -0.15) is 0 Å². The molecule has 0 unspecified atom stereocenters. The average Bonchev–Trinajstić information content (AvgIpc) is 2.67. The Labute approximate surface area is 153 Å². The molecule has 0 heterocycles. The number of hydrogen-bond acceptors (Lipinski definition) is 4. The number of amides is 2. The molecule has 6 heteroatoms. The van der Waals surface area contributed by atoms with Gasteiger partial charge in [0.15, 0.2) is 0 Å². The molecule has 0 radical (unpaired) electrons. The number of hydrogen-bond donors (Lipinski definition) is 2. The zero-order valence-electron chi connectivity index (χ0n) is 14.9. The fraction of sp³-hybridized carbons (Fsp3) is 0.300. The van der Waals surface area contributed by atoms with Crippen molar-refractivity contribution >= 4 is 11.8 Å². The zero-order valence-corrected chi connectivity index (χ0v) is 14.9. The lowest BCUT2D eigenvalue weighted by Crippen LogP contribution is -2.30. The number of benzene rings is 2. The number of methoxy groups -OCH3 is 1. The molecule has 0 bridgehead atoms. The second kappa shape index (κ2) is 10.9. The fourth-order valence-electron chi connectivity index (χ4n) is 2.25. The lowest BCUT2D eigenvalue weighted by Gasteiger charge is -2.09. The molecule has 0 saturated heterocycles. The summed E-state index contributed by atoms with van der Waals surface area (Å²) in [4.78, 5) is 24.0. The lowest BCUT2D eigenvalue weighted by atomic mass is 10.2. The minimum Gasteiger partial charge on any atom is -0.491 e. The van der Waals surface area contributed by atoms with Gasteiger partial charge in [0.05, 0.1) is 6.61 Å². The number of rotatable bonds is 10. The Morgan fingerprint density at radius 2 is 1.77 bits per heavy atom. The van der Waals surface area contributed by atoms with Crippen molar-refractivity contribution in [1.82, 2.24) is 10.6 Å². The van der Waals surface area contributed by atoms with Gasteiger partial charge in [-0.25, -0.2) is 0 Å². The Morgan fingerprint density at radius 3 is 2.54 bits per heavy atom. The van der Waals surface area contributed by atoms with E-state index in [1.165, 1.54) is 0 Å². The first-order chi connectivity index (χ1) is 12.7. The highest BCUT2D eigenvalue weighted by molar-refractivity contribution is 5.94. The summed E-state index contributed by atoms with van der Waals surface area (Å²) in [5.41, 5.74) is 1.53. The van der Waals surface area contributed by atoms with Crippen molar-refractivity contribution in [1.29, 1.82) is 0 Å². The van der Waals surface area contributed by atoms with Crippen molar-refractivity contribution in [3.05, 3.63) is 65.7 Å². The van der Waals surface area contributed by atoms with E-state index in [0.29, 0.717) is 31.1 Å². The highest BCUT2D eigenvalue weighted by atomic mass is 16.5. The molecule has 0 atom stereocenters. The topological polar surface area (TPSA) is 76.7 Å². The van der Waals surface area contributed by atoms with E-state index in [9.17, 15) is 9.59 Å². The highest BCUT2D eigenvalue weighted by Crippen LogP contribution is 2.13. The summed E-state index contributed by atoms with van der Waals surface area (Å²) in [6, 6.07) is 16.6. The summed E-state index contributed by atoms with van der Waals surface area (Å²) >= 11 is 0. The quantitative estimate of drug-likeness (QED) is 0.640. The van der Waals surface area contributed by atoms with E-state index >= 15 is 0 Å². The first-order valence-corrected chi connectivity index (χ1v) is 8.49. The summed E-state index contributed by atoms with van der Waals surface area (Å²) in [6.07, 6.45) is 0.225. The minimum atomic E-state index is -0.238. The molecule has 2 rings (SSSR count). The second-order valence-electron chi connectivity index (χ2n) is 5.64. The van der Waals surface area contributed by atoms with Crippen LogP contribution in [0.1, 0.15) is 22.3 Å². The summed E-state index contributed by atoms with van der Waals surface area (Å²) < 4.78 is 10.4. The van der Waals surface area contributed by atoms with Crippen LogP contribution in [0.25, 0.3) is 0 Å². The van der Waals surface area contributed by atoms with E-state index in [1.54, 1.807) is 31.4 Å². The minimum absolute atomic E-state index is 0.106. The SMILES string of the molecule is COCCOc1cccc(C(=O)NCCC(=O)NCc2ccccc2)c1. The summed E-state index contributed by atoms with van der Waals surface area (Å²) in [7, 11) is 1.60. The summed E-state index contributed by atoms with van der Waals surface area (Å²) in [6.45, 7) is 1.65. The van der Waals surface area contributed by atoms with Gasteiger partial charge in [-0.3, -0.25) is 9.59 Å². The van der Waals surface area contributed by atoms with E-state index < -0.39 is 0 Å². The molecule has 26 heavy (non-hydrogen) atoms. The van der Waals surface area contributed by atoms with Crippen LogP contribution in [0, 0.1) is 0 Å². The monoisotopic (exact) mass is 356 g/mol. The molecule has 0 aliphatic rings. The van der Waals surface area contributed by atoms with Gasteiger partial charge in [-0.15, -0.1) is 0 Å². The lowest BCUT2D eigenvalue weighted by molar-refractivity contribution is -0.121. The van der Waals surface area contributed by atoms with E-state index in [1.807, 2.05) is 30.3 Å². The molecule has 0 fully saturated rings. The van der Waals surface area contributed by atoms with Crippen molar-refractivity contribution in [2.75, 3.05) is 26.9 Å². The average molecular weight is 356 g/mol. The van der Waals surface area contributed by atoms with E-state index in [2.05, 4.69) is 10.6 Å². The van der Waals surface area contributed by atoms with Crippen molar-refractivity contribution < 1.29 is 19.1 Å². The zero-order chi connectivity index (χ0) is 18.6. The maximum Gasteiger partial charge on any atom is 0.251 e. The molecule has 0 aliphatic carbocycles. The third kappa shape index (κ3) is 6.94. The number of carbonyl (C=O) groups is 2. The van der Waals surface area contributed by atoms with Crippen LogP contribution in [-0.2, 0) is 16.1 Å². The standard InChI is InChI=1S/C20H24N2O4/c1-25-12-13-26-18-9-5-8-17(14-18)20(24)21-11-10-19(23)22-15-16-6-3-2-4-7-16/h2-9,14H,10-13,15H2,1H3,(H,21,24)(H,22,23). The van der Waals surface area contributed by atoms with Crippen LogP contribution in [0.4, 0.5) is 0 Å². The van der Waals surface area contributed by atoms with Gasteiger partial charge in [0.2, 0.25) is 5.91 Å². The molecule has 0 aromatic heterocycles. The van der Waals surface area contributed by atoms with Crippen LogP contribution >= 0.6 is 0 Å². The van der Waals surface area contributed by atoms with Gasteiger partial charge >= 0.3 is 0 Å². The molecule has 2 N–H and O–H groups in total. The van der Waals surface area contributed by atoms with Gasteiger partial charge in [0.25, 0.3) is 5.91 Å². The highest BCUT2D eigenvalue weighted by Gasteiger charge is 2.08. The van der Waals surface area contributed by atoms with Crippen LogP contribution in [0.2, 0.25) is 0 Å². The van der Waals surface area contributed by atoms with Gasteiger partial charge in [-0.1, -0.05) is 36.4 Å². The predicted molar refractivity (Wildman–Crippen MR) is 99.1 cm³/mol. The fourth-order valence-corrected chi connectivity index (χ4v) is 2.25. The van der Waals surface area contributed by atoms with Crippen molar-refractivity contribution in [2.24, 2.45) is 0 Å². The molecular weight excluding hydrogens is 332 g/mol. The van der Waals surface area contributed by atoms with Crippen LogP contribution in [0.15, 0.2) is 54.6 Å². The Balaban J connectivity index is 1.71. The van der Waals surface area contributed by atoms with E-state index in [0.717, 1.165) is 5.56 Å². The summed E-state index contributed by atoms with van der Waals surface area (Å²) in [5.74, 6) is 0.263. The van der Waals surface area contributed by atoms with E-state index in [4.69, 9.17) is 9.47 Å². The smallest absolute Gasteiger partial charge is 0.251 e. The predicted octanol–water partition coefficient (Wildman–Crippen LogP) is 2.15. The van der Waals surface area contributed by atoms with E-state index in [-0.39, 0.29) is 24.8 Å². The third-order valence-corrected chi connectivity index (χ3v) is 3.62. The van der Waals surface area contributed by atoms with Gasteiger partial charge in [0, 0.05) is 32.2 Å². The molecule has 2 aromatic rings. The summed E-state index contributed by atoms with van der Waals surface area (Å²) in [5, 5.41) is 5.57. The largest absolute Gasteiger partial charge is 0.491 e. The Hall–Kier alpha value is -2.86. The maximum absolute atomic E-state index is 12.2. The van der Waals surface area contributed by atoms with Gasteiger partial charge in [0.1, 0.15) is 12.4 Å². The molecular formula is C20H24N2O4. The molecule has 2 amide bonds. The van der Waals surface area contributed by atoms with Gasteiger partial charge < -0.3 is 20.1 Å². The van der Waals surface area contributed by atoms with Crippen LogP contribution in [0.3, 0.4) is 0 Å². The van der Waals surface area contributed by atoms with Crippen LogP contribution in [0.5, 0.6) is 5.75 Å². The molecule has 0 saturated carbocycles.